The van der Waals surface area contributed by atoms with Crippen molar-refractivity contribution in [2.75, 3.05) is 27.4 Å². The summed E-state index contributed by atoms with van der Waals surface area (Å²) in [5, 5.41) is 11.2. The summed E-state index contributed by atoms with van der Waals surface area (Å²) in [6.45, 7) is 2.19. The molecule has 0 amide bonds. The van der Waals surface area contributed by atoms with Crippen LogP contribution < -0.4 is 9.47 Å². The lowest BCUT2D eigenvalue weighted by molar-refractivity contribution is -0.386. The highest BCUT2D eigenvalue weighted by Gasteiger charge is 2.20. The fourth-order valence-electron chi connectivity index (χ4n) is 2.04. The van der Waals surface area contributed by atoms with Crippen LogP contribution in [0.4, 0.5) is 5.69 Å². The van der Waals surface area contributed by atoms with Gasteiger partial charge in [0.1, 0.15) is 6.61 Å². The van der Waals surface area contributed by atoms with Gasteiger partial charge in [-0.2, -0.15) is 0 Å². The number of nitrogens with zero attached hydrogens (tertiary/aromatic N) is 2. The maximum absolute atomic E-state index is 11.7. The number of benzene rings is 1. The van der Waals surface area contributed by atoms with Crippen molar-refractivity contribution in [1.29, 1.82) is 0 Å². The molecule has 0 spiro atoms. The fraction of sp³-hybridized carbons (Fsp3) is 0.294. The molecule has 0 saturated carbocycles. The molecule has 26 heavy (non-hydrogen) atoms. The molecule has 0 saturated heterocycles. The zero-order valence-corrected chi connectivity index (χ0v) is 14.6. The largest absolute Gasteiger partial charge is 0.487 e. The number of aryl methyl sites for hydroxylation is 1. The van der Waals surface area contributed by atoms with E-state index in [1.807, 2.05) is 0 Å². The zero-order chi connectivity index (χ0) is 19.1. The lowest BCUT2D eigenvalue weighted by atomic mass is 10.2. The van der Waals surface area contributed by atoms with Gasteiger partial charge in [0.2, 0.25) is 0 Å². The van der Waals surface area contributed by atoms with Gasteiger partial charge in [-0.3, -0.25) is 10.1 Å². The second-order valence-electron chi connectivity index (χ2n) is 5.19. The van der Waals surface area contributed by atoms with E-state index in [1.165, 1.54) is 44.7 Å². The van der Waals surface area contributed by atoms with Crippen LogP contribution in [0.15, 0.2) is 30.5 Å². The van der Waals surface area contributed by atoms with Crippen LogP contribution in [-0.2, 0) is 9.47 Å². The number of methoxy groups -OCH3 is 2. The van der Waals surface area contributed by atoms with Gasteiger partial charge in [0, 0.05) is 19.4 Å². The summed E-state index contributed by atoms with van der Waals surface area (Å²) in [5.74, 6) is -0.342. The molecule has 9 nitrogen and oxygen atoms in total. The van der Waals surface area contributed by atoms with Crippen molar-refractivity contribution in [3.05, 3.63) is 51.7 Å². The van der Waals surface area contributed by atoms with Crippen molar-refractivity contribution in [3.8, 4) is 17.4 Å². The molecule has 0 aliphatic carbocycles. The molecule has 2 aromatic rings. The van der Waals surface area contributed by atoms with Crippen molar-refractivity contribution in [1.82, 2.24) is 4.98 Å². The van der Waals surface area contributed by atoms with Gasteiger partial charge in [-0.05, 0) is 30.7 Å². The van der Waals surface area contributed by atoms with Crippen molar-refractivity contribution in [3.63, 3.8) is 0 Å². The van der Waals surface area contributed by atoms with E-state index < -0.39 is 10.9 Å². The predicted octanol–water partition coefficient (Wildman–Crippen LogP) is 2.90. The van der Waals surface area contributed by atoms with E-state index in [1.54, 1.807) is 6.92 Å². The number of hydrogen-bond donors (Lipinski definition) is 0. The molecule has 0 aliphatic heterocycles. The van der Waals surface area contributed by atoms with E-state index in [-0.39, 0.29) is 35.2 Å². The Morgan fingerprint density at radius 1 is 1.19 bits per heavy atom. The number of esters is 1. The molecule has 2 rings (SSSR count). The molecular formula is C17H18N2O7. The number of carbonyl (C=O) groups is 1. The van der Waals surface area contributed by atoms with Crippen molar-refractivity contribution >= 4 is 11.7 Å². The number of nitro groups is 1. The van der Waals surface area contributed by atoms with Gasteiger partial charge >= 0.3 is 11.7 Å². The zero-order valence-electron chi connectivity index (χ0n) is 14.6. The average molecular weight is 362 g/mol. The minimum atomic E-state index is -0.580. The minimum absolute atomic E-state index is 0.174. The summed E-state index contributed by atoms with van der Waals surface area (Å²) in [5.41, 5.74) is 0.602. The van der Waals surface area contributed by atoms with Crippen LogP contribution >= 0.6 is 0 Å². The standard InChI is InChI=1S/C17H18N2O7/c1-11-8-13(19(21)22)16(18-10-11)26-14-5-4-12(17(20)24-3)9-15(14)25-7-6-23-2/h4-5,8-10H,6-7H2,1-3H3. The fourth-order valence-corrected chi connectivity index (χ4v) is 2.04. The Kier molecular flexibility index (Phi) is 6.45. The summed E-state index contributed by atoms with van der Waals surface area (Å²) >= 11 is 0. The second-order valence-corrected chi connectivity index (χ2v) is 5.19. The van der Waals surface area contributed by atoms with E-state index in [9.17, 15) is 14.9 Å². The Balaban J connectivity index is 2.38. The number of aromatic nitrogens is 1. The van der Waals surface area contributed by atoms with Crippen molar-refractivity contribution in [2.45, 2.75) is 6.92 Å². The van der Waals surface area contributed by atoms with Crippen LogP contribution in [0.2, 0.25) is 0 Å². The summed E-state index contributed by atoms with van der Waals surface area (Å²) in [6, 6.07) is 5.71. The molecule has 0 unspecified atom stereocenters. The SMILES string of the molecule is COCCOc1cc(C(=O)OC)ccc1Oc1ncc(C)cc1[N+](=O)[O-]. The molecule has 0 N–H and O–H groups in total. The molecule has 0 fully saturated rings. The molecule has 0 bridgehead atoms. The maximum atomic E-state index is 11.7. The number of hydrogen-bond acceptors (Lipinski definition) is 8. The van der Waals surface area contributed by atoms with E-state index >= 15 is 0 Å². The average Bonchev–Trinajstić information content (AvgIpc) is 2.63. The van der Waals surface area contributed by atoms with Gasteiger partial charge in [-0.15, -0.1) is 0 Å². The monoisotopic (exact) mass is 362 g/mol. The Morgan fingerprint density at radius 3 is 2.62 bits per heavy atom. The van der Waals surface area contributed by atoms with Crippen molar-refractivity contribution < 1.29 is 28.7 Å². The lowest BCUT2D eigenvalue weighted by Gasteiger charge is -2.13. The van der Waals surface area contributed by atoms with Gasteiger partial charge in [0.05, 0.1) is 24.2 Å². The molecule has 0 aliphatic rings. The molecule has 138 valence electrons. The topological polar surface area (TPSA) is 110 Å². The highest BCUT2D eigenvalue weighted by atomic mass is 16.6. The normalized spacial score (nSPS) is 10.3. The molecule has 0 atom stereocenters. The van der Waals surface area contributed by atoms with Crippen LogP contribution in [0.1, 0.15) is 15.9 Å². The van der Waals surface area contributed by atoms with E-state index in [0.717, 1.165) is 0 Å². The molecular weight excluding hydrogens is 344 g/mol. The molecule has 9 heteroatoms. The van der Waals surface area contributed by atoms with Gasteiger partial charge in [0.15, 0.2) is 11.5 Å². The third-order valence-corrected chi connectivity index (χ3v) is 3.28. The summed E-state index contributed by atoms with van der Waals surface area (Å²) in [7, 11) is 2.78. The highest BCUT2D eigenvalue weighted by Crippen LogP contribution is 2.36. The molecule has 1 aromatic carbocycles. The number of pyridine rings is 1. The smallest absolute Gasteiger partial charge is 0.337 e. The summed E-state index contributed by atoms with van der Waals surface area (Å²) < 4.78 is 20.7. The highest BCUT2D eigenvalue weighted by molar-refractivity contribution is 5.90. The quantitative estimate of drug-likeness (QED) is 0.305. The van der Waals surface area contributed by atoms with Gasteiger partial charge < -0.3 is 18.9 Å². The van der Waals surface area contributed by atoms with Crippen LogP contribution in [-0.4, -0.2) is 43.3 Å². The van der Waals surface area contributed by atoms with Crippen LogP contribution in [0.25, 0.3) is 0 Å². The summed E-state index contributed by atoms with van der Waals surface area (Å²) in [6.07, 6.45) is 1.45. The first kappa shape index (κ1) is 19.1. The molecule has 0 radical (unpaired) electrons. The predicted molar refractivity (Wildman–Crippen MR) is 90.9 cm³/mol. The summed E-state index contributed by atoms with van der Waals surface area (Å²) in [4.78, 5) is 26.3. The molecule has 1 aromatic heterocycles. The Morgan fingerprint density at radius 2 is 1.96 bits per heavy atom. The van der Waals surface area contributed by atoms with Crippen LogP contribution in [0.3, 0.4) is 0 Å². The number of carbonyl (C=O) groups excluding carboxylic acids is 1. The third-order valence-electron chi connectivity index (χ3n) is 3.28. The van der Waals surface area contributed by atoms with Gasteiger partial charge in [-0.1, -0.05) is 0 Å². The van der Waals surface area contributed by atoms with E-state index in [2.05, 4.69) is 9.72 Å². The Labute approximate surface area is 149 Å². The third kappa shape index (κ3) is 4.67. The van der Waals surface area contributed by atoms with Gasteiger partial charge in [-0.25, -0.2) is 9.78 Å². The lowest BCUT2D eigenvalue weighted by Crippen LogP contribution is -2.07. The first-order valence-electron chi connectivity index (χ1n) is 7.59. The Hall–Kier alpha value is -3.20. The van der Waals surface area contributed by atoms with Crippen LogP contribution in [0, 0.1) is 17.0 Å². The van der Waals surface area contributed by atoms with Crippen molar-refractivity contribution in [2.24, 2.45) is 0 Å². The van der Waals surface area contributed by atoms with E-state index in [4.69, 9.17) is 14.2 Å². The maximum Gasteiger partial charge on any atom is 0.337 e. The molecule has 1 heterocycles. The van der Waals surface area contributed by atoms with E-state index in [0.29, 0.717) is 12.2 Å². The Bertz CT molecular complexity index is 808. The first-order chi connectivity index (χ1) is 12.5. The number of rotatable bonds is 8. The minimum Gasteiger partial charge on any atom is -0.487 e. The number of ether oxygens (including phenoxy) is 4. The second kappa shape index (κ2) is 8.77. The van der Waals surface area contributed by atoms with Gasteiger partial charge in [0.25, 0.3) is 5.88 Å². The van der Waals surface area contributed by atoms with Crippen LogP contribution in [0.5, 0.6) is 17.4 Å². The first-order valence-corrected chi connectivity index (χ1v) is 7.59.